The first-order chi connectivity index (χ1) is 4.00. The van der Waals surface area contributed by atoms with Gasteiger partial charge in [0.15, 0.2) is 0 Å². The Balaban J connectivity index is 0.000000222. The van der Waals surface area contributed by atoms with Crippen molar-refractivity contribution in [3.05, 3.63) is 0 Å². The van der Waals surface area contributed by atoms with Gasteiger partial charge in [0.2, 0.25) is 0 Å². The predicted octanol–water partition coefficient (Wildman–Crippen LogP) is -0.224. The normalized spacial score (nSPS) is 19.1. The summed E-state index contributed by atoms with van der Waals surface area (Å²) in [5, 5.41) is 4.07. The Hall–Kier alpha value is 0.387. The maximum Gasteiger partial charge on any atom is 0.109 e. The van der Waals surface area contributed by atoms with E-state index in [1.165, 1.54) is 0 Å². The van der Waals surface area contributed by atoms with Gasteiger partial charge >= 0.3 is 0 Å². The van der Waals surface area contributed by atoms with E-state index in [2.05, 4.69) is 14.8 Å². The average Bonchev–Trinajstić information content (AvgIpc) is 1.96. The maximum absolute atomic E-state index is 4.78. The minimum absolute atomic E-state index is 0.653. The molecular formula is C3H9ClO3Si. The molecule has 0 unspecified atom stereocenters. The molecule has 0 radical (unpaired) electrons. The molecule has 1 aliphatic rings. The van der Waals surface area contributed by atoms with Crippen LogP contribution in [0.1, 0.15) is 6.42 Å². The molecule has 1 aliphatic heterocycles. The molecule has 50 valence electrons. The van der Waals surface area contributed by atoms with Gasteiger partial charge < -0.3 is 0 Å². The van der Waals surface area contributed by atoms with Gasteiger partial charge in [-0.3, -0.25) is 0 Å². The van der Waals surface area contributed by atoms with Crippen LogP contribution in [0.3, 0.4) is 0 Å². The Morgan fingerprint density at radius 2 is 1.62 bits per heavy atom. The minimum Gasteiger partial charge on any atom is -0.206 e. The van der Waals surface area contributed by atoms with Crippen LogP contribution in [-0.2, 0) is 14.8 Å². The summed E-state index contributed by atoms with van der Waals surface area (Å²) in [7, 11) is 0.778. The van der Waals surface area contributed by atoms with E-state index in [1.807, 2.05) is 0 Å². The van der Waals surface area contributed by atoms with Crippen molar-refractivity contribution in [3.8, 4) is 0 Å². The highest BCUT2D eigenvalue weighted by Gasteiger charge is 1.96. The second-order valence-corrected chi connectivity index (χ2v) is 1.07. The van der Waals surface area contributed by atoms with E-state index < -0.39 is 0 Å². The average molecular weight is 157 g/mol. The number of hydrogen-bond acceptors (Lipinski definition) is 3. The lowest BCUT2D eigenvalue weighted by molar-refractivity contribution is -0.532. The molecule has 1 rings (SSSR count). The first kappa shape index (κ1) is 8.39. The molecule has 0 aromatic rings. The van der Waals surface area contributed by atoms with Gasteiger partial charge in [-0.25, -0.2) is 9.78 Å². The molecule has 1 saturated heterocycles. The van der Waals surface area contributed by atoms with Crippen molar-refractivity contribution in [2.75, 3.05) is 13.2 Å². The van der Waals surface area contributed by atoms with E-state index in [0.29, 0.717) is 13.2 Å². The number of rotatable bonds is 0. The van der Waals surface area contributed by atoms with E-state index in [4.69, 9.17) is 11.1 Å². The monoisotopic (exact) mass is 156 g/mol. The first-order valence-electron chi connectivity index (χ1n) is 2.29. The predicted molar refractivity (Wildman–Crippen MR) is 33.4 cm³/mol. The standard InChI is InChI=1S/C3H6O3.ClH3Si/c1-2-4-6-5-3-1;1-2/h1-3H2;2H3. The summed E-state index contributed by atoms with van der Waals surface area (Å²) in [5.41, 5.74) is 0. The molecule has 0 aliphatic carbocycles. The second kappa shape index (κ2) is 7.39. The summed E-state index contributed by atoms with van der Waals surface area (Å²) in [6.07, 6.45) is 0.931. The fourth-order valence-electron chi connectivity index (χ4n) is 0.279. The summed E-state index contributed by atoms with van der Waals surface area (Å²) in [4.78, 5) is 8.69. The van der Waals surface area contributed by atoms with E-state index in [1.54, 1.807) is 0 Å². The lowest BCUT2D eigenvalue weighted by atomic mass is 10.5. The molecule has 0 atom stereocenters. The lowest BCUT2D eigenvalue weighted by Gasteiger charge is -2.06. The molecule has 0 aromatic heterocycles. The van der Waals surface area contributed by atoms with E-state index in [-0.39, 0.29) is 0 Å². The van der Waals surface area contributed by atoms with Gasteiger partial charge in [-0.15, -0.1) is 0 Å². The number of halogens is 1. The van der Waals surface area contributed by atoms with Gasteiger partial charge in [0.05, 0.1) is 13.2 Å². The molecule has 0 N–H and O–H groups in total. The zero-order valence-corrected chi connectivity index (χ0v) is 7.48. The van der Waals surface area contributed by atoms with Crippen molar-refractivity contribution in [1.29, 1.82) is 0 Å². The molecule has 5 heteroatoms. The summed E-state index contributed by atoms with van der Waals surface area (Å²) in [6, 6.07) is 0. The Labute approximate surface area is 55.8 Å². The van der Waals surface area contributed by atoms with Crippen LogP contribution in [-0.4, -0.2) is 22.8 Å². The Kier molecular flexibility index (Phi) is 7.74. The molecule has 1 fully saturated rings. The minimum atomic E-state index is 0.653. The maximum atomic E-state index is 4.78. The molecule has 1 heterocycles. The van der Waals surface area contributed by atoms with E-state index >= 15 is 0 Å². The van der Waals surface area contributed by atoms with E-state index in [9.17, 15) is 0 Å². The fourth-order valence-corrected chi connectivity index (χ4v) is 0.279. The third-order valence-corrected chi connectivity index (χ3v) is 0.552. The van der Waals surface area contributed by atoms with Crippen LogP contribution in [0.2, 0.25) is 0 Å². The van der Waals surface area contributed by atoms with Crippen molar-refractivity contribution < 1.29 is 14.8 Å². The van der Waals surface area contributed by atoms with Crippen molar-refractivity contribution in [2.45, 2.75) is 6.42 Å². The van der Waals surface area contributed by atoms with Crippen molar-refractivity contribution >= 4 is 20.6 Å². The van der Waals surface area contributed by atoms with Gasteiger partial charge in [-0.1, -0.05) is 5.04 Å². The van der Waals surface area contributed by atoms with Crippen molar-refractivity contribution in [2.24, 2.45) is 0 Å². The second-order valence-electron chi connectivity index (χ2n) is 1.07. The molecule has 8 heavy (non-hydrogen) atoms. The molecule has 0 bridgehead atoms. The quantitative estimate of drug-likeness (QED) is 0.276. The molecule has 0 spiro atoms. The summed E-state index contributed by atoms with van der Waals surface area (Å²) < 4.78 is 0. The third kappa shape index (κ3) is 4.54. The molecular weight excluding hydrogens is 148 g/mol. The Morgan fingerprint density at radius 3 is 1.75 bits per heavy atom. The largest absolute Gasteiger partial charge is 0.206 e. The molecule has 0 aromatic carbocycles. The highest BCUT2D eigenvalue weighted by Crippen LogP contribution is 1.93. The SMILES string of the molecule is C1COOOC1.[SiH3]Cl. The van der Waals surface area contributed by atoms with Crippen molar-refractivity contribution in [3.63, 3.8) is 0 Å². The van der Waals surface area contributed by atoms with Crippen LogP contribution in [0.4, 0.5) is 0 Å². The fraction of sp³-hybridized carbons (Fsp3) is 1.00. The molecule has 0 saturated carbocycles. The van der Waals surface area contributed by atoms with Crippen LogP contribution in [0.25, 0.3) is 0 Å². The van der Waals surface area contributed by atoms with Crippen LogP contribution < -0.4 is 0 Å². The highest BCUT2D eigenvalue weighted by atomic mass is 35.6. The lowest BCUT2D eigenvalue weighted by Crippen LogP contribution is -2.08. The van der Waals surface area contributed by atoms with E-state index in [0.717, 1.165) is 16.0 Å². The molecule has 0 amide bonds. The van der Waals surface area contributed by atoms with Gasteiger partial charge in [0.1, 0.15) is 9.55 Å². The van der Waals surface area contributed by atoms with Gasteiger partial charge in [-0.2, -0.15) is 11.1 Å². The number of hydrogen-bond donors (Lipinski definition) is 0. The Morgan fingerprint density at radius 1 is 1.12 bits per heavy atom. The van der Waals surface area contributed by atoms with Crippen LogP contribution >= 0.6 is 11.1 Å². The molecule has 3 nitrogen and oxygen atoms in total. The van der Waals surface area contributed by atoms with Crippen LogP contribution in [0, 0.1) is 0 Å². The summed E-state index contributed by atoms with van der Waals surface area (Å²) in [6.45, 7) is 1.31. The van der Waals surface area contributed by atoms with Crippen molar-refractivity contribution in [1.82, 2.24) is 0 Å². The van der Waals surface area contributed by atoms with Gasteiger partial charge in [-0.05, 0) is 0 Å². The summed E-state index contributed by atoms with van der Waals surface area (Å²) in [5.74, 6) is 0. The first-order valence-corrected chi connectivity index (χ1v) is 5.31. The van der Waals surface area contributed by atoms with Gasteiger partial charge in [0, 0.05) is 6.42 Å². The highest BCUT2D eigenvalue weighted by molar-refractivity contribution is 6.80. The van der Waals surface area contributed by atoms with Gasteiger partial charge in [0.25, 0.3) is 0 Å². The topological polar surface area (TPSA) is 27.7 Å². The van der Waals surface area contributed by atoms with Crippen LogP contribution in [0.5, 0.6) is 0 Å². The Bertz CT molecular complexity index is 30.0. The smallest absolute Gasteiger partial charge is 0.109 e. The van der Waals surface area contributed by atoms with Crippen LogP contribution in [0.15, 0.2) is 0 Å². The zero-order chi connectivity index (χ0) is 6.24. The third-order valence-electron chi connectivity index (χ3n) is 0.552. The summed E-state index contributed by atoms with van der Waals surface area (Å²) >= 11 is 4.78. The zero-order valence-electron chi connectivity index (χ0n) is 4.72.